The third-order valence-electron chi connectivity index (χ3n) is 5.50. The second-order valence-corrected chi connectivity index (χ2v) is 8.87. The SMILES string of the molecule is COc1ccccc1Cn1c(=O)c2ccccc2n2c(SCC(=O)NC(=O)NC3CC3)nnc12. The van der Waals surface area contributed by atoms with Gasteiger partial charge in [0, 0.05) is 11.6 Å². The smallest absolute Gasteiger partial charge is 0.321 e. The Bertz CT molecular complexity index is 1460. The lowest BCUT2D eigenvalue weighted by molar-refractivity contribution is -0.117. The van der Waals surface area contributed by atoms with Crippen LogP contribution in [0.4, 0.5) is 4.79 Å². The van der Waals surface area contributed by atoms with Crippen molar-refractivity contribution in [1.82, 2.24) is 29.8 Å². The van der Waals surface area contributed by atoms with Crippen LogP contribution in [0, 0.1) is 0 Å². The van der Waals surface area contributed by atoms with Gasteiger partial charge < -0.3 is 10.1 Å². The van der Waals surface area contributed by atoms with Gasteiger partial charge in [-0.3, -0.25) is 23.9 Å². The summed E-state index contributed by atoms with van der Waals surface area (Å²) in [5.74, 6) is 0.547. The highest BCUT2D eigenvalue weighted by atomic mass is 32.2. The van der Waals surface area contributed by atoms with Crippen molar-refractivity contribution < 1.29 is 14.3 Å². The van der Waals surface area contributed by atoms with Gasteiger partial charge in [-0.05, 0) is 31.0 Å². The summed E-state index contributed by atoms with van der Waals surface area (Å²) in [5.41, 5.74) is 1.26. The highest BCUT2D eigenvalue weighted by molar-refractivity contribution is 7.99. The van der Waals surface area contributed by atoms with E-state index >= 15 is 0 Å². The van der Waals surface area contributed by atoms with E-state index in [4.69, 9.17) is 4.74 Å². The molecule has 1 saturated carbocycles. The van der Waals surface area contributed by atoms with E-state index in [0.717, 1.165) is 30.2 Å². The van der Waals surface area contributed by atoms with Gasteiger partial charge in [0.05, 0.1) is 30.3 Å². The van der Waals surface area contributed by atoms with E-state index < -0.39 is 11.9 Å². The lowest BCUT2D eigenvalue weighted by atomic mass is 10.2. The van der Waals surface area contributed by atoms with Crippen LogP contribution in [-0.4, -0.2) is 50.0 Å². The Morgan fingerprint density at radius 2 is 1.88 bits per heavy atom. The van der Waals surface area contributed by atoms with E-state index in [1.165, 1.54) is 0 Å². The third-order valence-corrected chi connectivity index (χ3v) is 6.43. The minimum absolute atomic E-state index is 0.0289. The molecule has 3 amide bonds. The van der Waals surface area contributed by atoms with Crippen molar-refractivity contribution >= 4 is 40.4 Å². The molecule has 1 aliphatic carbocycles. The van der Waals surface area contributed by atoms with Gasteiger partial charge in [0.1, 0.15) is 5.75 Å². The number of methoxy groups -OCH3 is 1. The first kappa shape index (κ1) is 22.0. The van der Waals surface area contributed by atoms with Crippen molar-refractivity contribution in [2.24, 2.45) is 0 Å². The molecule has 2 N–H and O–H groups in total. The summed E-state index contributed by atoms with van der Waals surface area (Å²) in [5, 5.41) is 14.5. The van der Waals surface area contributed by atoms with Crippen molar-refractivity contribution in [3.63, 3.8) is 0 Å². The second kappa shape index (κ2) is 9.18. The van der Waals surface area contributed by atoms with E-state index in [-0.39, 0.29) is 23.9 Å². The molecule has 0 unspecified atom stereocenters. The molecule has 0 radical (unpaired) electrons. The Labute approximate surface area is 198 Å². The van der Waals surface area contributed by atoms with Gasteiger partial charge in [0.2, 0.25) is 11.7 Å². The molecule has 0 spiro atoms. The molecule has 174 valence electrons. The number of benzene rings is 2. The van der Waals surface area contributed by atoms with Gasteiger partial charge in [0.15, 0.2) is 5.16 Å². The average molecular weight is 479 g/mol. The predicted molar refractivity (Wildman–Crippen MR) is 127 cm³/mol. The van der Waals surface area contributed by atoms with Crippen LogP contribution in [0.5, 0.6) is 5.75 Å². The molecule has 0 atom stereocenters. The number of para-hydroxylation sites is 2. The Balaban J connectivity index is 1.49. The Morgan fingerprint density at radius 3 is 2.68 bits per heavy atom. The predicted octanol–water partition coefficient (Wildman–Crippen LogP) is 2.18. The quantitative estimate of drug-likeness (QED) is 0.391. The van der Waals surface area contributed by atoms with Gasteiger partial charge in [-0.2, -0.15) is 0 Å². The molecule has 5 rings (SSSR count). The fourth-order valence-electron chi connectivity index (χ4n) is 3.72. The molecule has 0 saturated heterocycles. The number of urea groups is 1. The molecule has 0 aliphatic heterocycles. The first-order valence-electron chi connectivity index (χ1n) is 10.8. The summed E-state index contributed by atoms with van der Waals surface area (Å²) in [6, 6.07) is 14.3. The maximum atomic E-state index is 13.4. The summed E-state index contributed by atoms with van der Waals surface area (Å²) in [7, 11) is 1.58. The summed E-state index contributed by atoms with van der Waals surface area (Å²) in [4.78, 5) is 37.5. The Kier molecular flexibility index (Phi) is 5.93. The number of hydrogen-bond acceptors (Lipinski definition) is 7. The number of carbonyl (C=O) groups excluding carboxylic acids is 2. The van der Waals surface area contributed by atoms with Gasteiger partial charge in [-0.1, -0.05) is 42.1 Å². The molecule has 2 aromatic heterocycles. The van der Waals surface area contributed by atoms with Gasteiger partial charge >= 0.3 is 6.03 Å². The van der Waals surface area contributed by atoms with Gasteiger partial charge in [0.25, 0.3) is 5.56 Å². The fourth-order valence-corrected chi connectivity index (χ4v) is 4.46. The number of nitrogens with one attached hydrogen (secondary N) is 2. The molecule has 1 fully saturated rings. The van der Waals surface area contributed by atoms with E-state index in [9.17, 15) is 14.4 Å². The topological polar surface area (TPSA) is 120 Å². The zero-order chi connectivity index (χ0) is 23.7. The highest BCUT2D eigenvalue weighted by Crippen LogP contribution is 2.24. The van der Waals surface area contributed by atoms with Crippen LogP contribution in [0.1, 0.15) is 18.4 Å². The van der Waals surface area contributed by atoms with Crippen LogP contribution >= 0.6 is 11.8 Å². The maximum Gasteiger partial charge on any atom is 0.321 e. The fraction of sp³-hybridized carbons (Fsp3) is 0.261. The zero-order valence-electron chi connectivity index (χ0n) is 18.4. The van der Waals surface area contributed by atoms with Crippen molar-refractivity contribution in [3.05, 3.63) is 64.4 Å². The van der Waals surface area contributed by atoms with Crippen LogP contribution in [0.2, 0.25) is 0 Å². The number of amides is 3. The molecule has 2 heterocycles. The number of fused-ring (bicyclic) bond motifs is 3. The minimum Gasteiger partial charge on any atom is -0.496 e. The third kappa shape index (κ3) is 4.34. The van der Waals surface area contributed by atoms with E-state index in [2.05, 4.69) is 20.8 Å². The van der Waals surface area contributed by atoms with Crippen molar-refractivity contribution in [3.8, 4) is 5.75 Å². The van der Waals surface area contributed by atoms with Crippen LogP contribution < -0.4 is 20.9 Å². The zero-order valence-corrected chi connectivity index (χ0v) is 19.2. The standard InChI is InChI=1S/C23H22N6O4S/c1-33-18-9-5-2-6-14(18)12-28-20(31)16-7-3-4-8-17(16)29-22(28)26-27-23(29)34-13-19(30)25-21(32)24-15-10-11-15/h2-9,15H,10-13H2,1H3,(H2,24,25,30,32). The number of imide groups is 1. The summed E-state index contributed by atoms with van der Waals surface area (Å²) < 4.78 is 8.75. The number of thioether (sulfide) groups is 1. The normalized spacial score (nSPS) is 13.2. The highest BCUT2D eigenvalue weighted by Gasteiger charge is 2.24. The van der Waals surface area contributed by atoms with E-state index in [1.807, 2.05) is 36.4 Å². The molecule has 11 heteroatoms. The van der Waals surface area contributed by atoms with Crippen LogP contribution in [0.15, 0.2) is 58.5 Å². The number of aromatic nitrogens is 4. The van der Waals surface area contributed by atoms with Crippen LogP contribution in [0.25, 0.3) is 16.7 Å². The monoisotopic (exact) mass is 478 g/mol. The molecule has 4 aromatic rings. The lowest BCUT2D eigenvalue weighted by Crippen LogP contribution is -2.41. The molecule has 0 bridgehead atoms. The second-order valence-electron chi connectivity index (χ2n) is 7.92. The van der Waals surface area contributed by atoms with Crippen molar-refractivity contribution in [2.45, 2.75) is 30.6 Å². The number of hydrogen-bond donors (Lipinski definition) is 2. The van der Waals surface area contributed by atoms with Crippen LogP contribution in [0.3, 0.4) is 0 Å². The lowest BCUT2D eigenvalue weighted by Gasteiger charge is -2.13. The molecule has 2 aromatic carbocycles. The first-order valence-corrected chi connectivity index (χ1v) is 11.8. The largest absolute Gasteiger partial charge is 0.496 e. The maximum absolute atomic E-state index is 13.4. The number of ether oxygens (including phenoxy) is 1. The molecule has 1 aliphatic rings. The number of rotatable bonds is 7. The van der Waals surface area contributed by atoms with Crippen molar-refractivity contribution in [1.29, 1.82) is 0 Å². The minimum atomic E-state index is -0.490. The molecular formula is C23H22N6O4S. The van der Waals surface area contributed by atoms with Gasteiger partial charge in [-0.25, -0.2) is 4.79 Å². The van der Waals surface area contributed by atoms with E-state index in [1.54, 1.807) is 28.2 Å². The molecular weight excluding hydrogens is 456 g/mol. The summed E-state index contributed by atoms with van der Waals surface area (Å²) in [6.07, 6.45) is 1.87. The van der Waals surface area contributed by atoms with E-state index in [0.29, 0.717) is 27.6 Å². The van der Waals surface area contributed by atoms with Crippen LogP contribution in [-0.2, 0) is 11.3 Å². The van der Waals surface area contributed by atoms with Crippen molar-refractivity contribution in [2.75, 3.05) is 12.9 Å². The number of carbonyl (C=O) groups is 2. The first-order chi connectivity index (χ1) is 16.5. The Morgan fingerprint density at radius 1 is 1.12 bits per heavy atom. The summed E-state index contributed by atoms with van der Waals surface area (Å²) >= 11 is 1.14. The average Bonchev–Trinajstić information content (AvgIpc) is 3.55. The number of nitrogens with zero attached hydrogens (tertiary/aromatic N) is 4. The van der Waals surface area contributed by atoms with Gasteiger partial charge in [-0.15, -0.1) is 10.2 Å². The molecule has 10 nitrogen and oxygen atoms in total. The summed E-state index contributed by atoms with van der Waals surface area (Å²) in [6.45, 7) is 0.238. The Hall–Kier alpha value is -3.86. The molecule has 34 heavy (non-hydrogen) atoms.